The van der Waals surface area contributed by atoms with Gasteiger partial charge in [-0.15, -0.1) is 0 Å². The van der Waals surface area contributed by atoms with Crippen molar-refractivity contribution >= 4 is 23.9 Å². The second-order valence-electron chi connectivity index (χ2n) is 10.2. The first-order valence-electron chi connectivity index (χ1n) is 13.4. The predicted octanol–water partition coefficient (Wildman–Crippen LogP) is 3.77. The standard InChI is InChI=1S/C30H39N5O5/c1-21(2)19-25(28(37)35(29(38)32-17-16-31)18-15-23-11-7-5-8-12-23)33-27(36)26(22(3)4)34-30(39)40-20-24-13-9-6-10-14-24/h5-14,21-22,25-26H,15,17-20H2,1-4H3,(H,32,38)(H,33,36)(H,34,39). The summed E-state index contributed by atoms with van der Waals surface area (Å²) in [5.41, 5.74) is 1.73. The molecule has 0 radical (unpaired) electrons. The molecule has 0 heterocycles. The summed E-state index contributed by atoms with van der Waals surface area (Å²) >= 11 is 0. The van der Waals surface area contributed by atoms with Gasteiger partial charge in [0.15, 0.2) is 0 Å². The Hall–Kier alpha value is -4.39. The molecule has 0 spiro atoms. The Morgan fingerprint density at radius 1 is 0.900 bits per heavy atom. The van der Waals surface area contributed by atoms with Crippen LogP contribution in [0.2, 0.25) is 0 Å². The second-order valence-corrected chi connectivity index (χ2v) is 10.2. The summed E-state index contributed by atoms with van der Waals surface area (Å²) in [6, 6.07) is 17.6. The summed E-state index contributed by atoms with van der Waals surface area (Å²) in [6.45, 7) is 7.17. The third-order valence-corrected chi connectivity index (χ3v) is 6.05. The first-order chi connectivity index (χ1) is 19.1. The van der Waals surface area contributed by atoms with Crippen molar-refractivity contribution in [2.75, 3.05) is 13.1 Å². The molecule has 0 bridgehead atoms. The van der Waals surface area contributed by atoms with Crippen molar-refractivity contribution in [1.29, 1.82) is 5.26 Å². The molecule has 2 unspecified atom stereocenters. The number of rotatable bonds is 13. The fourth-order valence-corrected chi connectivity index (χ4v) is 3.98. The maximum absolute atomic E-state index is 13.7. The largest absolute Gasteiger partial charge is 0.445 e. The molecule has 40 heavy (non-hydrogen) atoms. The van der Waals surface area contributed by atoms with Crippen LogP contribution in [-0.4, -0.2) is 54.0 Å². The molecule has 0 aliphatic carbocycles. The summed E-state index contributed by atoms with van der Waals surface area (Å²) in [7, 11) is 0. The van der Waals surface area contributed by atoms with Gasteiger partial charge in [0.2, 0.25) is 5.91 Å². The van der Waals surface area contributed by atoms with Crippen molar-refractivity contribution in [3.05, 3.63) is 71.8 Å². The average molecular weight is 550 g/mol. The molecule has 2 aromatic rings. The van der Waals surface area contributed by atoms with Crippen molar-refractivity contribution in [2.24, 2.45) is 11.8 Å². The quantitative estimate of drug-likeness (QED) is 0.325. The number of hydrogen-bond donors (Lipinski definition) is 3. The van der Waals surface area contributed by atoms with Crippen LogP contribution in [0.15, 0.2) is 60.7 Å². The lowest BCUT2D eigenvalue weighted by Gasteiger charge is -2.29. The molecule has 3 N–H and O–H groups in total. The van der Waals surface area contributed by atoms with E-state index in [1.807, 2.05) is 80.6 Å². The third-order valence-electron chi connectivity index (χ3n) is 6.05. The molecular formula is C30H39N5O5. The number of benzene rings is 2. The van der Waals surface area contributed by atoms with E-state index in [4.69, 9.17) is 10.00 Å². The molecule has 2 atom stereocenters. The predicted molar refractivity (Wildman–Crippen MR) is 151 cm³/mol. The minimum absolute atomic E-state index is 0.00805. The van der Waals surface area contributed by atoms with Crippen LogP contribution >= 0.6 is 0 Å². The number of nitrogens with zero attached hydrogens (tertiary/aromatic N) is 2. The van der Waals surface area contributed by atoms with Gasteiger partial charge < -0.3 is 20.7 Å². The monoisotopic (exact) mass is 549 g/mol. The molecule has 5 amide bonds. The van der Waals surface area contributed by atoms with E-state index in [1.165, 1.54) is 0 Å². The average Bonchev–Trinajstić information content (AvgIpc) is 2.93. The number of hydrogen-bond acceptors (Lipinski definition) is 6. The van der Waals surface area contributed by atoms with Crippen LogP contribution in [0.1, 0.15) is 45.2 Å². The first-order valence-corrected chi connectivity index (χ1v) is 13.4. The van der Waals surface area contributed by atoms with Crippen LogP contribution in [0.3, 0.4) is 0 Å². The van der Waals surface area contributed by atoms with Crippen LogP contribution in [0.25, 0.3) is 0 Å². The van der Waals surface area contributed by atoms with Gasteiger partial charge in [0.1, 0.15) is 25.2 Å². The highest BCUT2D eigenvalue weighted by Gasteiger charge is 2.33. The Balaban J connectivity index is 2.16. The van der Waals surface area contributed by atoms with Crippen LogP contribution in [0.5, 0.6) is 0 Å². The number of carbonyl (C=O) groups is 4. The number of amides is 5. The third kappa shape index (κ3) is 10.8. The molecular weight excluding hydrogens is 510 g/mol. The summed E-state index contributed by atoms with van der Waals surface area (Å²) in [4.78, 5) is 53.4. The maximum Gasteiger partial charge on any atom is 0.408 e. The molecule has 0 aliphatic heterocycles. The molecule has 2 aromatic carbocycles. The fraction of sp³-hybridized carbons (Fsp3) is 0.433. The van der Waals surface area contributed by atoms with Crippen molar-refractivity contribution in [3.63, 3.8) is 0 Å². The number of urea groups is 1. The minimum Gasteiger partial charge on any atom is -0.445 e. The van der Waals surface area contributed by atoms with E-state index in [2.05, 4.69) is 16.0 Å². The number of alkyl carbamates (subject to hydrolysis) is 1. The SMILES string of the molecule is CC(C)CC(NC(=O)C(NC(=O)OCc1ccccc1)C(C)C)C(=O)N(CCc1ccccc1)C(=O)NCC#N. The Labute approximate surface area is 236 Å². The summed E-state index contributed by atoms with van der Waals surface area (Å²) in [5.74, 6) is -1.46. The fourth-order valence-electron chi connectivity index (χ4n) is 3.98. The molecule has 0 saturated carbocycles. The van der Waals surface area contributed by atoms with Gasteiger partial charge in [-0.2, -0.15) is 5.26 Å². The highest BCUT2D eigenvalue weighted by molar-refractivity contribution is 5.99. The molecule has 0 aliphatic rings. The van der Waals surface area contributed by atoms with Gasteiger partial charge in [0.05, 0.1) is 6.07 Å². The molecule has 0 fully saturated rings. The second kappa shape index (κ2) is 16.5. The Kier molecular flexibility index (Phi) is 13.2. The highest BCUT2D eigenvalue weighted by atomic mass is 16.5. The summed E-state index contributed by atoms with van der Waals surface area (Å²) < 4.78 is 5.27. The zero-order valence-electron chi connectivity index (χ0n) is 23.6. The van der Waals surface area contributed by atoms with Crippen molar-refractivity contribution in [3.8, 4) is 6.07 Å². The Bertz CT molecular complexity index is 1150. The lowest BCUT2D eigenvalue weighted by molar-refractivity contribution is -0.135. The van der Waals surface area contributed by atoms with E-state index in [-0.39, 0.29) is 38.0 Å². The van der Waals surface area contributed by atoms with Gasteiger partial charge in [-0.3, -0.25) is 14.5 Å². The van der Waals surface area contributed by atoms with Gasteiger partial charge in [-0.1, -0.05) is 88.4 Å². The summed E-state index contributed by atoms with van der Waals surface area (Å²) in [6.07, 6.45) is -0.0932. The Morgan fingerprint density at radius 3 is 2.05 bits per heavy atom. The van der Waals surface area contributed by atoms with Gasteiger partial charge >= 0.3 is 12.1 Å². The van der Waals surface area contributed by atoms with Crippen LogP contribution in [0, 0.1) is 23.2 Å². The van der Waals surface area contributed by atoms with Crippen LogP contribution in [0.4, 0.5) is 9.59 Å². The molecule has 0 aromatic heterocycles. The topological polar surface area (TPSA) is 141 Å². The number of ether oxygens (including phenoxy) is 1. The first kappa shape index (κ1) is 31.8. The molecule has 214 valence electrons. The molecule has 0 saturated heterocycles. The van der Waals surface area contributed by atoms with Gasteiger partial charge in [-0.25, -0.2) is 9.59 Å². The minimum atomic E-state index is -1.03. The number of carbonyl (C=O) groups excluding carboxylic acids is 4. The summed E-state index contributed by atoms with van der Waals surface area (Å²) in [5, 5.41) is 16.7. The van der Waals surface area contributed by atoms with Crippen LogP contribution < -0.4 is 16.0 Å². The lowest BCUT2D eigenvalue weighted by atomic mass is 9.99. The Morgan fingerprint density at radius 2 is 1.50 bits per heavy atom. The van der Waals surface area contributed by atoms with Crippen molar-refractivity contribution in [2.45, 2.75) is 59.2 Å². The van der Waals surface area contributed by atoms with Crippen LogP contribution in [-0.2, 0) is 27.4 Å². The smallest absolute Gasteiger partial charge is 0.408 e. The molecule has 2 rings (SSSR count). The lowest BCUT2D eigenvalue weighted by Crippen LogP contribution is -2.58. The number of nitrogens with one attached hydrogen (secondary N) is 3. The highest BCUT2D eigenvalue weighted by Crippen LogP contribution is 2.12. The van der Waals surface area contributed by atoms with E-state index >= 15 is 0 Å². The van der Waals surface area contributed by atoms with E-state index < -0.39 is 36.0 Å². The van der Waals surface area contributed by atoms with Gasteiger partial charge in [0.25, 0.3) is 5.91 Å². The number of nitriles is 1. The normalized spacial score (nSPS) is 12.1. The molecule has 10 nitrogen and oxygen atoms in total. The van der Waals surface area contributed by atoms with Crippen molar-refractivity contribution < 1.29 is 23.9 Å². The zero-order chi connectivity index (χ0) is 29.5. The molecule has 10 heteroatoms. The van der Waals surface area contributed by atoms with E-state index in [9.17, 15) is 19.2 Å². The van der Waals surface area contributed by atoms with Gasteiger partial charge in [0, 0.05) is 6.54 Å². The number of imide groups is 1. The van der Waals surface area contributed by atoms with Gasteiger partial charge in [-0.05, 0) is 35.8 Å². The zero-order valence-corrected chi connectivity index (χ0v) is 23.6. The van der Waals surface area contributed by atoms with E-state index in [1.54, 1.807) is 13.8 Å². The van der Waals surface area contributed by atoms with E-state index in [0.717, 1.165) is 16.0 Å². The maximum atomic E-state index is 13.7. The van der Waals surface area contributed by atoms with E-state index in [0.29, 0.717) is 6.42 Å². The van der Waals surface area contributed by atoms with Crippen molar-refractivity contribution in [1.82, 2.24) is 20.9 Å².